The second kappa shape index (κ2) is 8.82. The molecule has 3 aromatic heterocycles. The molecule has 0 bridgehead atoms. The van der Waals surface area contributed by atoms with E-state index in [1.165, 1.54) is 10.6 Å². The van der Waals surface area contributed by atoms with Gasteiger partial charge in [-0.2, -0.15) is 10.1 Å². The Balaban J connectivity index is 1.46. The van der Waals surface area contributed by atoms with Crippen LogP contribution in [-0.2, 0) is 13.7 Å². The SMILES string of the molecule is Cn1cc(Nc2nc(N)cc(-c3cccc(-n4ccc5cc(C6CC6)cc(F)c5c4=O)c3CO)n2)cn1. The van der Waals surface area contributed by atoms with Gasteiger partial charge in [0.05, 0.1) is 35.3 Å². The van der Waals surface area contributed by atoms with E-state index >= 15 is 4.39 Å². The second-order valence-electron chi connectivity index (χ2n) is 9.22. The van der Waals surface area contributed by atoms with Crippen molar-refractivity contribution in [3.8, 4) is 16.9 Å². The van der Waals surface area contributed by atoms with Crippen molar-refractivity contribution in [2.75, 3.05) is 11.1 Å². The third-order valence-corrected chi connectivity index (χ3v) is 6.58. The summed E-state index contributed by atoms with van der Waals surface area (Å²) in [6.45, 7) is -0.381. The number of aliphatic hydroxyl groups is 1. The molecule has 0 radical (unpaired) electrons. The molecule has 4 N–H and O–H groups in total. The molecule has 2 aromatic carbocycles. The number of nitrogens with one attached hydrogen (secondary N) is 1. The number of aryl methyl sites for hydroxylation is 1. The van der Waals surface area contributed by atoms with E-state index in [2.05, 4.69) is 20.4 Å². The van der Waals surface area contributed by atoms with Crippen molar-refractivity contribution in [3.05, 3.63) is 88.4 Å². The fourth-order valence-electron chi connectivity index (χ4n) is 4.67. The molecule has 1 fully saturated rings. The van der Waals surface area contributed by atoms with Crippen LogP contribution in [-0.4, -0.2) is 29.4 Å². The van der Waals surface area contributed by atoms with Gasteiger partial charge in [-0.3, -0.25) is 14.0 Å². The van der Waals surface area contributed by atoms with Crippen LogP contribution in [0.4, 0.5) is 21.8 Å². The third-order valence-electron chi connectivity index (χ3n) is 6.58. The first-order chi connectivity index (χ1) is 17.9. The summed E-state index contributed by atoms with van der Waals surface area (Å²) in [4.78, 5) is 22.3. The van der Waals surface area contributed by atoms with Gasteiger partial charge in [0.1, 0.15) is 11.6 Å². The molecule has 186 valence electrons. The minimum absolute atomic E-state index is 0.0235. The van der Waals surface area contributed by atoms with Gasteiger partial charge in [-0.1, -0.05) is 18.2 Å². The molecule has 0 saturated heterocycles. The molecule has 1 aliphatic rings. The largest absolute Gasteiger partial charge is 0.392 e. The Bertz CT molecular complexity index is 1720. The van der Waals surface area contributed by atoms with Crippen molar-refractivity contribution in [2.24, 2.45) is 7.05 Å². The topological polar surface area (TPSA) is 124 Å². The van der Waals surface area contributed by atoms with Gasteiger partial charge in [-0.15, -0.1) is 0 Å². The summed E-state index contributed by atoms with van der Waals surface area (Å²) >= 11 is 0. The fourth-order valence-corrected chi connectivity index (χ4v) is 4.67. The van der Waals surface area contributed by atoms with Crippen molar-refractivity contribution in [1.29, 1.82) is 0 Å². The predicted octanol–water partition coefficient (Wildman–Crippen LogP) is 4.02. The van der Waals surface area contributed by atoms with Gasteiger partial charge >= 0.3 is 0 Å². The standard InChI is InChI=1S/C27H24FN7O2/c1-34-13-18(12-30-34)31-27-32-22(11-24(29)33-27)19-3-2-4-23(20(19)14-36)35-8-7-16-9-17(15-5-6-15)10-21(28)25(16)26(35)37/h2-4,7-13,15,36H,5-6,14H2,1H3,(H3,29,31,32,33). The first kappa shape index (κ1) is 22.9. The zero-order valence-corrected chi connectivity index (χ0v) is 20.0. The van der Waals surface area contributed by atoms with Crippen LogP contribution < -0.4 is 16.6 Å². The molecule has 37 heavy (non-hydrogen) atoms. The van der Waals surface area contributed by atoms with Crippen LogP contribution in [0.5, 0.6) is 0 Å². The quantitative estimate of drug-likeness (QED) is 0.324. The van der Waals surface area contributed by atoms with Gasteiger partial charge in [0.2, 0.25) is 5.95 Å². The van der Waals surface area contributed by atoms with E-state index in [1.54, 1.807) is 60.7 Å². The first-order valence-corrected chi connectivity index (χ1v) is 11.9. The molecule has 6 rings (SSSR count). The average Bonchev–Trinajstić information content (AvgIpc) is 3.65. The number of nitrogens with zero attached hydrogens (tertiary/aromatic N) is 5. The fraction of sp³-hybridized carbons (Fsp3) is 0.185. The molecule has 1 saturated carbocycles. The molecule has 1 aliphatic carbocycles. The highest BCUT2D eigenvalue weighted by molar-refractivity contribution is 5.84. The van der Waals surface area contributed by atoms with Gasteiger partial charge in [-0.05, 0) is 47.9 Å². The van der Waals surface area contributed by atoms with E-state index < -0.39 is 11.4 Å². The number of pyridine rings is 1. The molecule has 5 aromatic rings. The number of fused-ring (bicyclic) bond motifs is 1. The molecule has 0 amide bonds. The van der Waals surface area contributed by atoms with Gasteiger partial charge < -0.3 is 16.2 Å². The van der Waals surface area contributed by atoms with Gasteiger partial charge in [-0.25, -0.2) is 9.37 Å². The minimum Gasteiger partial charge on any atom is -0.392 e. The number of benzene rings is 2. The number of hydrogen-bond donors (Lipinski definition) is 3. The maximum atomic E-state index is 15.1. The normalized spacial score (nSPS) is 13.3. The highest BCUT2D eigenvalue weighted by Crippen LogP contribution is 2.41. The molecule has 9 nitrogen and oxygen atoms in total. The lowest BCUT2D eigenvalue weighted by molar-refractivity contribution is 0.282. The van der Waals surface area contributed by atoms with Crippen molar-refractivity contribution in [3.63, 3.8) is 0 Å². The lowest BCUT2D eigenvalue weighted by atomic mass is 10.0. The van der Waals surface area contributed by atoms with Crippen molar-refractivity contribution >= 4 is 28.2 Å². The molecule has 0 unspecified atom stereocenters. The van der Waals surface area contributed by atoms with Crippen LogP contribution in [0.1, 0.15) is 29.9 Å². The lowest BCUT2D eigenvalue weighted by Crippen LogP contribution is -2.20. The monoisotopic (exact) mass is 497 g/mol. The van der Waals surface area contributed by atoms with Crippen LogP contribution in [0.25, 0.3) is 27.7 Å². The summed E-state index contributed by atoms with van der Waals surface area (Å²) in [5.41, 5.74) is 9.09. The number of anilines is 3. The number of aromatic nitrogens is 5. The number of nitrogens with two attached hydrogens (primary N) is 1. The number of rotatable bonds is 6. The van der Waals surface area contributed by atoms with Crippen molar-refractivity contribution in [1.82, 2.24) is 24.3 Å². The van der Waals surface area contributed by atoms with E-state index in [0.717, 1.165) is 18.4 Å². The van der Waals surface area contributed by atoms with E-state index in [0.29, 0.717) is 39.5 Å². The summed E-state index contributed by atoms with van der Waals surface area (Å²) in [6.07, 6.45) is 7.10. The van der Waals surface area contributed by atoms with Crippen LogP contribution >= 0.6 is 0 Å². The average molecular weight is 498 g/mol. The maximum absolute atomic E-state index is 15.1. The van der Waals surface area contributed by atoms with E-state index in [1.807, 2.05) is 6.07 Å². The summed E-state index contributed by atoms with van der Waals surface area (Å²) in [5.74, 6) is 0.322. The molecule has 0 atom stereocenters. The maximum Gasteiger partial charge on any atom is 0.265 e. The van der Waals surface area contributed by atoms with Crippen molar-refractivity contribution < 1.29 is 9.50 Å². The molecule has 3 heterocycles. The van der Waals surface area contributed by atoms with Gasteiger partial charge in [0.15, 0.2) is 0 Å². The summed E-state index contributed by atoms with van der Waals surface area (Å²) < 4.78 is 18.1. The summed E-state index contributed by atoms with van der Waals surface area (Å²) in [5, 5.41) is 18.1. The highest BCUT2D eigenvalue weighted by atomic mass is 19.1. The van der Waals surface area contributed by atoms with E-state index in [-0.39, 0.29) is 23.8 Å². The Morgan fingerprint density at radius 2 is 2.03 bits per heavy atom. The van der Waals surface area contributed by atoms with Gasteiger partial charge in [0, 0.05) is 36.6 Å². The highest BCUT2D eigenvalue weighted by Gasteiger charge is 2.25. The smallest absolute Gasteiger partial charge is 0.265 e. The Morgan fingerprint density at radius 3 is 2.76 bits per heavy atom. The number of halogens is 1. The molecule has 0 spiro atoms. The molecular formula is C27H24FN7O2. The predicted molar refractivity (Wildman–Crippen MR) is 139 cm³/mol. The van der Waals surface area contributed by atoms with E-state index in [4.69, 9.17) is 5.73 Å². The van der Waals surface area contributed by atoms with E-state index in [9.17, 15) is 9.90 Å². The summed E-state index contributed by atoms with van der Waals surface area (Å²) in [6, 6.07) is 11.9. The van der Waals surface area contributed by atoms with Crippen molar-refractivity contribution in [2.45, 2.75) is 25.4 Å². The Hall–Kier alpha value is -4.57. The first-order valence-electron chi connectivity index (χ1n) is 11.9. The van der Waals surface area contributed by atoms with Crippen LogP contribution in [0.3, 0.4) is 0 Å². The number of nitrogen functional groups attached to an aromatic ring is 1. The number of aliphatic hydroxyl groups excluding tert-OH is 1. The van der Waals surface area contributed by atoms with Crippen LogP contribution in [0, 0.1) is 5.82 Å². The second-order valence-corrected chi connectivity index (χ2v) is 9.22. The summed E-state index contributed by atoms with van der Waals surface area (Å²) in [7, 11) is 1.79. The lowest BCUT2D eigenvalue weighted by Gasteiger charge is -2.16. The molecular weight excluding hydrogens is 473 g/mol. The van der Waals surface area contributed by atoms with Crippen LogP contribution in [0.2, 0.25) is 0 Å². The molecule has 0 aliphatic heterocycles. The Labute approximate surface area is 211 Å². The zero-order valence-electron chi connectivity index (χ0n) is 20.0. The van der Waals surface area contributed by atoms with Gasteiger partial charge in [0.25, 0.3) is 5.56 Å². The third kappa shape index (κ3) is 4.21. The Kier molecular flexibility index (Phi) is 5.45. The Morgan fingerprint density at radius 1 is 1.19 bits per heavy atom. The van der Waals surface area contributed by atoms with Crippen LogP contribution in [0.15, 0.2) is 65.8 Å². The minimum atomic E-state index is -0.532. The number of hydrogen-bond acceptors (Lipinski definition) is 7. The zero-order chi connectivity index (χ0) is 25.7. The molecule has 10 heteroatoms.